The molecule has 3 rings (SSSR count). The maximum Gasteiger partial charge on any atom is 0.416 e. The predicted octanol–water partition coefficient (Wildman–Crippen LogP) is 5.51. The molecule has 1 N–H and O–H groups in total. The fourth-order valence-corrected chi connectivity index (χ4v) is 2.34. The quantitative estimate of drug-likeness (QED) is 0.609. The standard InChI is InChI=1S/C15H9ClF3N/c16-12-3-1-2-10-8-13(20-14(10)12)9-4-6-11(7-5-9)15(17,18)19/h1-8,20H. The SMILES string of the molecule is FC(F)(F)c1ccc(-c2cc3cccc(Cl)c3[nH]2)cc1. The van der Waals surface area contributed by atoms with Crippen LogP contribution >= 0.6 is 11.6 Å². The molecule has 0 radical (unpaired) electrons. The Morgan fingerprint density at radius 3 is 2.25 bits per heavy atom. The fraction of sp³-hybridized carbons (Fsp3) is 0.0667. The Balaban J connectivity index is 2.05. The maximum atomic E-state index is 12.5. The molecular weight excluding hydrogens is 287 g/mol. The molecule has 0 spiro atoms. The summed E-state index contributed by atoms with van der Waals surface area (Å²) in [6.45, 7) is 0. The zero-order valence-electron chi connectivity index (χ0n) is 10.1. The third-order valence-electron chi connectivity index (χ3n) is 3.13. The number of rotatable bonds is 1. The van der Waals surface area contributed by atoms with E-state index in [1.807, 2.05) is 18.2 Å². The van der Waals surface area contributed by atoms with E-state index in [1.54, 1.807) is 6.07 Å². The van der Waals surface area contributed by atoms with Crippen LogP contribution in [0.2, 0.25) is 5.02 Å². The van der Waals surface area contributed by atoms with Crippen molar-refractivity contribution in [2.24, 2.45) is 0 Å². The summed E-state index contributed by atoms with van der Waals surface area (Å²) in [6, 6.07) is 12.4. The first kappa shape index (κ1) is 13.1. The second kappa shape index (κ2) is 4.56. The Bertz CT molecular complexity index is 757. The summed E-state index contributed by atoms with van der Waals surface area (Å²) >= 11 is 6.06. The predicted molar refractivity (Wildman–Crippen MR) is 73.7 cm³/mol. The highest BCUT2D eigenvalue weighted by Crippen LogP contribution is 2.32. The van der Waals surface area contributed by atoms with Crippen molar-refractivity contribution in [1.29, 1.82) is 0 Å². The van der Waals surface area contributed by atoms with Crippen LogP contribution in [0.25, 0.3) is 22.2 Å². The number of para-hydroxylation sites is 1. The number of benzene rings is 2. The monoisotopic (exact) mass is 295 g/mol. The molecule has 1 heterocycles. The zero-order chi connectivity index (χ0) is 14.3. The Kier molecular flexibility index (Phi) is 2.98. The van der Waals surface area contributed by atoms with Crippen molar-refractivity contribution in [1.82, 2.24) is 4.98 Å². The Labute approximate surface area is 118 Å². The Morgan fingerprint density at radius 1 is 0.950 bits per heavy atom. The molecule has 5 heteroatoms. The smallest absolute Gasteiger partial charge is 0.353 e. The minimum absolute atomic E-state index is 0.584. The number of hydrogen-bond acceptors (Lipinski definition) is 0. The van der Waals surface area contributed by atoms with Gasteiger partial charge in [-0.25, -0.2) is 0 Å². The Morgan fingerprint density at radius 2 is 1.65 bits per heavy atom. The summed E-state index contributed by atoms with van der Waals surface area (Å²) < 4.78 is 37.6. The molecule has 20 heavy (non-hydrogen) atoms. The van der Waals surface area contributed by atoms with Gasteiger partial charge in [0.2, 0.25) is 0 Å². The number of nitrogens with one attached hydrogen (secondary N) is 1. The van der Waals surface area contributed by atoms with E-state index < -0.39 is 11.7 Å². The molecule has 0 aliphatic rings. The van der Waals surface area contributed by atoms with Gasteiger partial charge < -0.3 is 4.98 Å². The lowest BCUT2D eigenvalue weighted by molar-refractivity contribution is -0.137. The normalized spacial score (nSPS) is 12.0. The molecule has 0 unspecified atom stereocenters. The minimum Gasteiger partial charge on any atom is -0.353 e. The van der Waals surface area contributed by atoms with E-state index in [9.17, 15) is 13.2 Å². The van der Waals surface area contributed by atoms with Gasteiger partial charge in [-0.1, -0.05) is 35.9 Å². The number of H-pyrrole nitrogens is 1. The molecule has 0 aliphatic carbocycles. The lowest BCUT2D eigenvalue weighted by Gasteiger charge is -2.06. The van der Waals surface area contributed by atoms with Crippen LogP contribution in [0.3, 0.4) is 0 Å². The summed E-state index contributed by atoms with van der Waals surface area (Å²) in [6.07, 6.45) is -4.32. The molecule has 0 amide bonds. The summed E-state index contributed by atoms with van der Waals surface area (Å²) in [5.41, 5.74) is 1.55. The number of alkyl halides is 3. The number of fused-ring (bicyclic) bond motifs is 1. The van der Waals surface area contributed by atoms with Crippen LogP contribution in [-0.2, 0) is 6.18 Å². The summed E-state index contributed by atoms with van der Waals surface area (Å²) in [7, 11) is 0. The third-order valence-corrected chi connectivity index (χ3v) is 3.44. The topological polar surface area (TPSA) is 15.8 Å². The maximum absolute atomic E-state index is 12.5. The lowest BCUT2D eigenvalue weighted by atomic mass is 10.1. The van der Waals surface area contributed by atoms with Crippen LogP contribution in [0.5, 0.6) is 0 Å². The van der Waals surface area contributed by atoms with E-state index in [4.69, 9.17) is 11.6 Å². The largest absolute Gasteiger partial charge is 0.416 e. The molecule has 1 nitrogen and oxygen atoms in total. The van der Waals surface area contributed by atoms with E-state index in [0.29, 0.717) is 10.6 Å². The van der Waals surface area contributed by atoms with Gasteiger partial charge in [0.1, 0.15) is 0 Å². The average molecular weight is 296 g/mol. The molecule has 0 saturated heterocycles. The average Bonchev–Trinajstić information content (AvgIpc) is 2.83. The lowest BCUT2D eigenvalue weighted by Crippen LogP contribution is -2.03. The van der Waals surface area contributed by atoms with Gasteiger partial charge in [0, 0.05) is 11.1 Å². The second-order valence-corrected chi connectivity index (χ2v) is 4.87. The van der Waals surface area contributed by atoms with Crippen molar-refractivity contribution < 1.29 is 13.2 Å². The van der Waals surface area contributed by atoms with E-state index in [2.05, 4.69) is 4.98 Å². The van der Waals surface area contributed by atoms with E-state index in [0.717, 1.165) is 28.7 Å². The molecule has 2 aromatic carbocycles. The van der Waals surface area contributed by atoms with Crippen molar-refractivity contribution >= 4 is 22.5 Å². The first-order valence-corrected chi connectivity index (χ1v) is 6.28. The molecule has 1 aromatic heterocycles. The van der Waals surface area contributed by atoms with Gasteiger partial charge in [-0.2, -0.15) is 13.2 Å². The molecule has 0 bridgehead atoms. The number of aromatic nitrogens is 1. The van der Waals surface area contributed by atoms with E-state index in [-0.39, 0.29) is 0 Å². The molecule has 3 aromatic rings. The highest BCUT2D eigenvalue weighted by atomic mass is 35.5. The van der Waals surface area contributed by atoms with Crippen LogP contribution in [0, 0.1) is 0 Å². The number of hydrogen-bond donors (Lipinski definition) is 1. The van der Waals surface area contributed by atoms with Crippen molar-refractivity contribution in [3.8, 4) is 11.3 Å². The number of aromatic amines is 1. The highest BCUT2D eigenvalue weighted by molar-refractivity contribution is 6.35. The second-order valence-electron chi connectivity index (χ2n) is 4.46. The number of halogens is 4. The van der Waals surface area contributed by atoms with Crippen LogP contribution in [-0.4, -0.2) is 4.98 Å². The molecule has 0 atom stereocenters. The molecule has 0 fully saturated rings. The van der Waals surface area contributed by atoms with Gasteiger partial charge in [0.05, 0.1) is 16.1 Å². The van der Waals surface area contributed by atoms with Crippen LogP contribution in [0.15, 0.2) is 48.5 Å². The van der Waals surface area contributed by atoms with Crippen molar-refractivity contribution in [2.75, 3.05) is 0 Å². The van der Waals surface area contributed by atoms with Gasteiger partial charge >= 0.3 is 6.18 Å². The van der Waals surface area contributed by atoms with E-state index in [1.165, 1.54) is 12.1 Å². The minimum atomic E-state index is -4.32. The summed E-state index contributed by atoms with van der Waals surface area (Å²) in [5, 5.41) is 1.51. The van der Waals surface area contributed by atoms with Crippen molar-refractivity contribution in [3.63, 3.8) is 0 Å². The Hall–Kier alpha value is -1.94. The van der Waals surface area contributed by atoms with Crippen LogP contribution in [0.4, 0.5) is 13.2 Å². The summed E-state index contributed by atoms with van der Waals surface area (Å²) in [4.78, 5) is 3.13. The van der Waals surface area contributed by atoms with Crippen LogP contribution in [0.1, 0.15) is 5.56 Å². The highest BCUT2D eigenvalue weighted by Gasteiger charge is 2.30. The van der Waals surface area contributed by atoms with E-state index >= 15 is 0 Å². The van der Waals surface area contributed by atoms with Crippen LogP contribution < -0.4 is 0 Å². The molecular formula is C15H9ClF3N. The summed E-state index contributed by atoms with van der Waals surface area (Å²) in [5.74, 6) is 0. The first-order chi connectivity index (χ1) is 9.45. The van der Waals surface area contributed by atoms with Crippen molar-refractivity contribution in [2.45, 2.75) is 6.18 Å². The molecule has 0 aliphatic heterocycles. The van der Waals surface area contributed by atoms with Gasteiger partial charge in [-0.3, -0.25) is 0 Å². The zero-order valence-corrected chi connectivity index (χ0v) is 10.9. The molecule has 0 saturated carbocycles. The third kappa shape index (κ3) is 2.27. The first-order valence-electron chi connectivity index (χ1n) is 5.90. The fourth-order valence-electron chi connectivity index (χ4n) is 2.11. The van der Waals surface area contributed by atoms with Gasteiger partial charge in [0.15, 0.2) is 0 Å². The van der Waals surface area contributed by atoms with Gasteiger partial charge in [-0.05, 0) is 29.8 Å². The van der Waals surface area contributed by atoms with Crippen molar-refractivity contribution in [3.05, 3.63) is 59.1 Å². The van der Waals surface area contributed by atoms with Gasteiger partial charge in [0.25, 0.3) is 0 Å². The molecule has 102 valence electrons. The van der Waals surface area contributed by atoms with Gasteiger partial charge in [-0.15, -0.1) is 0 Å².